The third-order valence-corrected chi connectivity index (χ3v) is 2.96. The predicted octanol–water partition coefficient (Wildman–Crippen LogP) is 2.84. The molecule has 0 spiro atoms. The molecule has 19 heavy (non-hydrogen) atoms. The number of benzene rings is 1. The lowest BCUT2D eigenvalue weighted by Gasteiger charge is -2.22. The summed E-state index contributed by atoms with van der Waals surface area (Å²) >= 11 is 5.88. The van der Waals surface area contributed by atoms with Gasteiger partial charge in [0, 0.05) is 11.6 Å². The van der Waals surface area contributed by atoms with Crippen molar-refractivity contribution >= 4 is 28.9 Å². The number of carbonyl (C=O) groups excluding carboxylic acids is 1. The van der Waals surface area contributed by atoms with Crippen molar-refractivity contribution < 1.29 is 4.79 Å². The van der Waals surface area contributed by atoms with E-state index in [1.807, 2.05) is 6.92 Å². The Morgan fingerprint density at radius 2 is 2.16 bits per heavy atom. The molecule has 1 aromatic rings. The molecular weight excluding hydrogens is 262 g/mol. The zero-order chi connectivity index (χ0) is 14.4. The van der Waals surface area contributed by atoms with E-state index in [4.69, 9.17) is 17.3 Å². The molecule has 4 nitrogen and oxygen atoms in total. The fourth-order valence-electron chi connectivity index (χ4n) is 1.85. The summed E-state index contributed by atoms with van der Waals surface area (Å²) in [6.45, 7) is 8.42. The van der Waals surface area contributed by atoms with Gasteiger partial charge in [0.25, 0.3) is 0 Å². The molecule has 0 unspecified atom stereocenters. The lowest BCUT2D eigenvalue weighted by atomic mass is 10.2. The van der Waals surface area contributed by atoms with Crippen LogP contribution in [-0.4, -0.2) is 30.4 Å². The Morgan fingerprint density at radius 1 is 1.47 bits per heavy atom. The van der Waals surface area contributed by atoms with Crippen LogP contribution in [0.15, 0.2) is 18.2 Å². The van der Waals surface area contributed by atoms with Crippen LogP contribution in [0.3, 0.4) is 0 Å². The number of amides is 1. The molecule has 0 aromatic heterocycles. The van der Waals surface area contributed by atoms with E-state index in [9.17, 15) is 4.79 Å². The highest BCUT2D eigenvalue weighted by atomic mass is 35.5. The van der Waals surface area contributed by atoms with E-state index in [0.29, 0.717) is 28.9 Å². The topological polar surface area (TPSA) is 58.4 Å². The molecule has 1 aromatic carbocycles. The summed E-state index contributed by atoms with van der Waals surface area (Å²) in [6.07, 6.45) is 0. The fourth-order valence-corrected chi connectivity index (χ4v) is 2.02. The van der Waals surface area contributed by atoms with Gasteiger partial charge in [0.1, 0.15) is 0 Å². The van der Waals surface area contributed by atoms with Gasteiger partial charge in [-0.25, -0.2) is 0 Å². The maximum absolute atomic E-state index is 12.0. The maximum atomic E-state index is 12.0. The summed E-state index contributed by atoms with van der Waals surface area (Å²) in [5, 5.41) is 3.35. The third kappa shape index (κ3) is 5.49. The van der Waals surface area contributed by atoms with Crippen molar-refractivity contribution in [1.29, 1.82) is 0 Å². The molecule has 0 saturated heterocycles. The van der Waals surface area contributed by atoms with E-state index in [2.05, 4.69) is 24.1 Å². The molecular formula is C14H22ClN3O. The second-order valence-electron chi connectivity index (χ2n) is 5.00. The number of hydrogen-bond acceptors (Lipinski definition) is 3. The highest BCUT2D eigenvalue weighted by Crippen LogP contribution is 2.22. The molecule has 3 N–H and O–H groups in total. The molecule has 0 bridgehead atoms. The van der Waals surface area contributed by atoms with Crippen molar-refractivity contribution in [2.75, 3.05) is 30.7 Å². The van der Waals surface area contributed by atoms with Gasteiger partial charge in [-0.05, 0) is 30.7 Å². The van der Waals surface area contributed by atoms with Gasteiger partial charge in [0.2, 0.25) is 5.91 Å². The third-order valence-electron chi connectivity index (χ3n) is 2.73. The van der Waals surface area contributed by atoms with Crippen molar-refractivity contribution in [2.45, 2.75) is 20.8 Å². The SMILES string of the molecule is CCN(CC(=O)Nc1cc(Cl)ccc1N)CC(C)C. The summed E-state index contributed by atoms with van der Waals surface area (Å²) in [5.41, 5.74) is 6.88. The largest absolute Gasteiger partial charge is 0.397 e. The molecule has 106 valence electrons. The number of nitrogens with zero attached hydrogens (tertiary/aromatic N) is 1. The molecule has 0 heterocycles. The molecule has 0 atom stereocenters. The first-order valence-corrected chi connectivity index (χ1v) is 6.87. The number of nitrogens with two attached hydrogens (primary N) is 1. The lowest BCUT2D eigenvalue weighted by Crippen LogP contribution is -2.35. The summed E-state index contributed by atoms with van der Waals surface area (Å²) < 4.78 is 0. The van der Waals surface area contributed by atoms with Crippen LogP contribution < -0.4 is 11.1 Å². The van der Waals surface area contributed by atoms with Gasteiger partial charge in [0.15, 0.2) is 0 Å². The van der Waals surface area contributed by atoms with E-state index in [-0.39, 0.29) is 5.91 Å². The number of halogens is 1. The number of likely N-dealkylation sites (N-methyl/N-ethyl adjacent to an activating group) is 1. The second-order valence-corrected chi connectivity index (χ2v) is 5.44. The van der Waals surface area contributed by atoms with Gasteiger partial charge in [-0.1, -0.05) is 32.4 Å². The maximum Gasteiger partial charge on any atom is 0.238 e. The molecule has 5 heteroatoms. The van der Waals surface area contributed by atoms with Gasteiger partial charge < -0.3 is 11.1 Å². The second kappa shape index (κ2) is 7.36. The number of rotatable bonds is 6. The van der Waals surface area contributed by atoms with Crippen LogP contribution in [0.5, 0.6) is 0 Å². The summed E-state index contributed by atoms with van der Waals surface area (Å²) in [5.74, 6) is 0.459. The average Bonchev–Trinajstić information content (AvgIpc) is 2.32. The van der Waals surface area contributed by atoms with Crippen LogP contribution in [0.4, 0.5) is 11.4 Å². The first kappa shape index (κ1) is 15.8. The van der Waals surface area contributed by atoms with E-state index in [0.717, 1.165) is 13.1 Å². The van der Waals surface area contributed by atoms with Crippen LogP contribution in [0.1, 0.15) is 20.8 Å². The first-order valence-electron chi connectivity index (χ1n) is 6.49. The molecule has 0 aliphatic rings. The van der Waals surface area contributed by atoms with Crippen molar-refractivity contribution in [3.8, 4) is 0 Å². The van der Waals surface area contributed by atoms with E-state index < -0.39 is 0 Å². The van der Waals surface area contributed by atoms with Crippen LogP contribution >= 0.6 is 11.6 Å². The van der Waals surface area contributed by atoms with Gasteiger partial charge in [-0.15, -0.1) is 0 Å². The number of nitrogens with one attached hydrogen (secondary N) is 1. The standard InChI is InChI=1S/C14H22ClN3O/c1-4-18(8-10(2)3)9-14(19)17-13-7-11(15)5-6-12(13)16/h5-7,10H,4,8-9,16H2,1-3H3,(H,17,19). The van der Waals surface area contributed by atoms with Crippen molar-refractivity contribution in [3.63, 3.8) is 0 Å². The van der Waals surface area contributed by atoms with Crippen LogP contribution in [0.25, 0.3) is 0 Å². The Labute approximate surface area is 119 Å². The zero-order valence-electron chi connectivity index (χ0n) is 11.7. The Hall–Kier alpha value is -1.26. The van der Waals surface area contributed by atoms with Crippen LogP contribution in [0.2, 0.25) is 5.02 Å². The zero-order valence-corrected chi connectivity index (χ0v) is 12.5. The molecule has 1 rings (SSSR count). The minimum atomic E-state index is -0.0727. The van der Waals surface area contributed by atoms with Crippen LogP contribution in [0, 0.1) is 5.92 Å². The minimum absolute atomic E-state index is 0.0727. The van der Waals surface area contributed by atoms with Crippen LogP contribution in [-0.2, 0) is 4.79 Å². The molecule has 1 amide bonds. The molecule has 0 aliphatic heterocycles. The molecule has 0 radical (unpaired) electrons. The van der Waals surface area contributed by atoms with E-state index in [1.165, 1.54) is 0 Å². The van der Waals surface area contributed by atoms with Crippen molar-refractivity contribution in [2.24, 2.45) is 5.92 Å². The Bertz CT molecular complexity index is 435. The smallest absolute Gasteiger partial charge is 0.238 e. The molecule has 0 aliphatic carbocycles. The summed E-state index contributed by atoms with van der Waals surface area (Å²) in [7, 11) is 0. The Kier molecular flexibility index (Phi) is 6.12. The fraction of sp³-hybridized carbons (Fsp3) is 0.500. The highest BCUT2D eigenvalue weighted by molar-refractivity contribution is 6.31. The quantitative estimate of drug-likeness (QED) is 0.789. The number of nitrogen functional groups attached to an aromatic ring is 1. The van der Waals surface area contributed by atoms with E-state index >= 15 is 0 Å². The monoisotopic (exact) mass is 283 g/mol. The van der Waals surface area contributed by atoms with Gasteiger partial charge in [-0.3, -0.25) is 9.69 Å². The average molecular weight is 284 g/mol. The minimum Gasteiger partial charge on any atom is -0.397 e. The number of anilines is 2. The van der Waals surface area contributed by atoms with Gasteiger partial charge >= 0.3 is 0 Å². The molecule has 0 fully saturated rings. The van der Waals surface area contributed by atoms with Gasteiger partial charge in [-0.2, -0.15) is 0 Å². The first-order chi connectivity index (χ1) is 8.92. The number of hydrogen-bond donors (Lipinski definition) is 2. The summed E-state index contributed by atoms with van der Waals surface area (Å²) in [4.78, 5) is 14.1. The molecule has 0 saturated carbocycles. The lowest BCUT2D eigenvalue weighted by molar-refractivity contribution is -0.117. The summed E-state index contributed by atoms with van der Waals surface area (Å²) in [6, 6.07) is 5.04. The normalized spacial score (nSPS) is 11.1. The predicted molar refractivity (Wildman–Crippen MR) is 81.4 cm³/mol. The highest BCUT2D eigenvalue weighted by Gasteiger charge is 2.12. The van der Waals surface area contributed by atoms with Gasteiger partial charge in [0.05, 0.1) is 17.9 Å². The Balaban J connectivity index is 2.61. The Morgan fingerprint density at radius 3 is 2.74 bits per heavy atom. The van der Waals surface area contributed by atoms with Crippen molar-refractivity contribution in [3.05, 3.63) is 23.2 Å². The number of carbonyl (C=O) groups is 1. The van der Waals surface area contributed by atoms with Crippen molar-refractivity contribution in [1.82, 2.24) is 4.90 Å². The van der Waals surface area contributed by atoms with E-state index in [1.54, 1.807) is 18.2 Å².